The Balaban J connectivity index is 1.71. The number of hydrogen-bond acceptors (Lipinski definition) is 3. The van der Waals surface area contributed by atoms with Gasteiger partial charge in [0.15, 0.2) is 0 Å². The van der Waals surface area contributed by atoms with Crippen LogP contribution in [0.15, 0.2) is 70.4 Å². The second-order valence-corrected chi connectivity index (χ2v) is 7.55. The van der Waals surface area contributed by atoms with Crippen molar-refractivity contribution in [2.75, 3.05) is 0 Å². The van der Waals surface area contributed by atoms with Crippen molar-refractivity contribution in [3.8, 4) is 11.1 Å². The molecule has 3 aromatic rings. The zero-order valence-corrected chi connectivity index (χ0v) is 14.4. The number of benzene rings is 2. The van der Waals surface area contributed by atoms with Crippen LogP contribution in [-0.4, -0.2) is 8.42 Å². The summed E-state index contributed by atoms with van der Waals surface area (Å²) in [5, 5.41) is 0. The molecule has 0 radical (unpaired) electrons. The molecule has 0 bridgehead atoms. The summed E-state index contributed by atoms with van der Waals surface area (Å²) in [7, 11) is -3.52. The molecule has 2 aromatic carbocycles. The first kappa shape index (κ1) is 16.5. The van der Waals surface area contributed by atoms with Crippen LogP contribution in [0.3, 0.4) is 0 Å². The Morgan fingerprint density at radius 2 is 1.67 bits per heavy atom. The molecule has 1 N–H and O–H groups in total. The molecule has 4 nitrogen and oxygen atoms in total. The third kappa shape index (κ3) is 3.58. The maximum atomic E-state index is 12.4. The molecule has 5 heteroatoms. The molecule has 3 rings (SSSR count). The zero-order valence-electron chi connectivity index (χ0n) is 13.6. The van der Waals surface area contributed by atoms with Crippen molar-refractivity contribution in [3.05, 3.63) is 77.7 Å². The lowest BCUT2D eigenvalue weighted by Crippen LogP contribution is -2.23. The fourth-order valence-electron chi connectivity index (χ4n) is 2.39. The fourth-order valence-corrected chi connectivity index (χ4v) is 3.49. The second-order valence-electron chi connectivity index (χ2n) is 5.78. The molecular formula is C19H19NO3S. The van der Waals surface area contributed by atoms with Gasteiger partial charge in [-0.25, -0.2) is 13.1 Å². The van der Waals surface area contributed by atoms with E-state index in [1.807, 2.05) is 50.2 Å². The molecule has 0 unspecified atom stereocenters. The van der Waals surface area contributed by atoms with E-state index in [0.29, 0.717) is 4.90 Å². The number of aryl methyl sites for hydroxylation is 2. The molecule has 0 saturated carbocycles. The van der Waals surface area contributed by atoms with Gasteiger partial charge in [-0.05, 0) is 54.3 Å². The molecule has 0 fully saturated rings. The van der Waals surface area contributed by atoms with Gasteiger partial charge in [0.1, 0.15) is 0 Å². The summed E-state index contributed by atoms with van der Waals surface area (Å²) in [6.45, 7) is 4.12. The third-order valence-electron chi connectivity index (χ3n) is 4.06. The molecule has 0 aliphatic carbocycles. The summed E-state index contributed by atoms with van der Waals surface area (Å²) in [6, 6.07) is 14.7. The summed E-state index contributed by atoms with van der Waals surface area (Å²) in [5.74, 6) is 0. The Hall–Kier alpha value is -2.37. The predicted molar refractivity (Wildman–Crippen MR) is 94.1 cm³/mol. The maximum absolute atomic E-state index is 12.4. The lowest BCUT2D eigenvalue weighted by Gasteiger charge is -2.09. The van der Waals surface area contributed by atoms with E-state index in [4.69, 9.17) is 4.42 Å². The summed E-state index contributed by atoms with van der Waals surface area (Å²) < 4.78 is 32.5. The van der Waals surface area contributed by atoms with Crippen LogP contribution in [0, 0.1) is 13.8 Å². The molecule has 0 aliphatic heterocycles. The number of sulfonamides is 1. The highest BCUT2D eigenvalue weighted by Gasteiger charge is 2.14. The van der Waals surface area contributed by atoms with E-state index in [2.05, 4.69) is 4.72 Å². The van der Waals surface area contributed by atoms with Gasteiger partial charge in [-0.3, -0.25) is 0 Å². The topological polar surface area (TPSA) is 59.3 Å². The molecular weight excluding hydrogens is 322 g/mol. The second kappa shape index (κ2) is 6.63. The van der Waals surface area contributed by atoms with Gasteiger partial charge in [0.25, 0.3) is 0 Å². The van der Waals surface area contributed by atoms with Gasteiger partial charge in [-0.15, -0.1) is 0 Å². The molecule has 1 heterocycles. The largest absolute Gasteiger partial charge is 0.472 e. The van der Waals surface area contributed by atoms with Crippen molar-refractivity contribution in [3.63, 3.8) is 0 Å². The van der Waals surface area contributed by atoms with Crippen molar-refractivity contribution in [1.82, 2.24) is 4.72 Å². The minimum atomic E-state index is -3.52. The van der Waals surface area contributed by atoms with Gasteiger partial charge in [0, 0.05) is 12.1 Å². The molecule has 0 spiro atoms. The van der Waals surface area contributed by atoms with Gasteiger partial charge in [-0.2, -0.15) is 0 Å². The summed E-state index contributed by atoms with van der Waals surface area (Å²) in [6.07, 6.45) is 3.30. The van der Waals surface area contributed by atoms with Crippen LogP contribution in [0.2, 0.25) is 0 Å². The maximum Gasteiger partial charge on any atom is 0.240 e. The van der Waals surface area contributed by atoms with Gasteiger partial charge in [-0.1, -0.05) is 30.3 Å². The molecule has 1 aromatic heterocycles. The summed E-state index contributed by atoms with van der Waals surface area (Å²) >= 11 is 0. The fraction of sp³-hybridized carbons (Fsp3) is 0.158. The van der Waals surface area contributed by atoms with Crippen LogP contribution in [0.4, 0.5) is 0 Å². The van der Waals surface area contributed by atoms with Crippen molar-refractivity contribution in [1.29, 1.82) is 0 Å². The summed E-state index contributed by atoms with van der Waals surface area (Å²) in [4.78, 5) is 0.292. The van der Waals surface area contributed by atoms with E-state index in [9.17, 15) is 8.42 Å². The van der Waals surface area contributed by atoms with Crippen LogP contribution >= 0.6 is 0 Å². The normalized spacial score (nSPS) is 11.6. The van der Waals surface area contributed by atoms with Crippen molar-refractivity contribution >= 4 is 10.0 Å². The van der Waals surface area contributed by atoms with E-state index >= 15 is 0 Å². The minimum absolute atomic E-state index is 0.251. The van der Waals surface area contributed by atoms with Crippen LogP contribution in [-0.2, 0) is 16.6 Å². The van der Waals surface area contributed by atoms with E-state index in [1.54, 1.807) is 24.7 Å². The van der Waals surface area contributed by atoms with Crippen LogP contribution in [0.1, 0.15) is 16.7 Å². The number of hydrogen-bond donors (Lipinski definition) is 1. The monoisotopic (exact) mass is 341 g/mol. The molecule has 24 heavy (non-hydrogen) atoms. The molecule has 0 amide bonds. The SMILES string of the molecule is Cc1ccc(S(=O)(=O)NCc2ccc(-c3ccoc3)cc2)cc1C. The Morgan fingerprint density at radius 1 is 0.917 bits per heavy atom. The van der Waals surface area contributed by atoms with Crippen LogP contribution in [0.25, 0.3) is 11.1 Å². The Morgan fingerprint density at radius 3 is 2.29 bits per heavy atom. The Bertz CT molecular complexity index is 927. The van der Waals surface area contributed by atoms with Crippen LogP contribution < -0.4 is 4.72 Å². The highest BCUT2D eigenvalue weighted by molar-refractivity contribution is 7.89. The van der Waals surface area contributed by atoms with Crippen LogP contribution in [0.5, 0.6) is 0 Å². The van der Waals surface area contributed by atoms with Gasteiger partial charge in [0.2, 0.25) is 10.0 Å². The van der Waals surface area contributed by atoms with E-state index in [-0.39, 0.29) is 6.54 Å². The smallest absolute Gasteiger partial charge is 0.240 e. The Kier molecular flexibility index (Phi) is 4.55. The lowest BCUT2D eigenvalue weighted by molar-refractivity contribution is 0.568. The van der Waals surface area contributed by atoms with E-state index < -0.39 is 10.0 Å². The average molecular weight is 341 g/mol. The quantitative estimate of drug-likeness (QED) is 0.762. The van der Waals surface area contributed by atoms with Gasteiger partial charge < -0.3 is 4.42 Å². The first-order valence-electron chi connectivity index (χ1n) is 7.64. The molecule has 0 saturated heterocycles. The Labute approximate surface area is 142 Å². The number of furan rings is 1. The highest BCUT2D eigenvalue weighted by Crippen LogP contribution is 2.20. The van der Waals surface area contributed by atoms with Crippen molar-refractivity contribution in [2.45, 2.75) is 25.3 Å². The van der Waals surface area contributed by atoms with E-state index in [1.165, 1.54) is 0 Å². The molecule has 0 atom stereocenters. The summed E-state index contributed by atoms with van der Waals surface area (Å²) in [5.41, 5.74) is 4.96. The predicted octanol–water partition coefficient (Wildman–Crippen LogP) is 4.04. The molecule has 124 valence electrons. The van der Waals surface area contributed by atoms with Crippen molar-refractivity contribution < 1.29 is 12.8 Å². The minimum Gasteiger partial charge on any atom is -0.472 e. The molecule has 0 aliphatic rings. The van der Waals surface area contributed by atoms with Gasteiger partial charge in [0.05, 0.1) is 17.4 Å². The standard InChI is InChI=1S/C19H19NO3S/c1-14-3-8-19(11-15(14)2)24(21,22)20-12-16-4-6-17(7-5-16)18-9-10-23-13-18/h3-11,13,20H,12H2,1-2H3. The third-order valence-corrected chi connectivity index (χ3v) is 5.46. The van der Waals surface area contributed by atoms with Crippen molar-refractivity contribution in [2.24, 2.45) is 0 Å². The first-order valence-corrected chi connectivity index (χ1v) is 9.12. The number of nitrogens with one attached hydrogen (secondary N) is 1. The first-order chi connectivity index (χ1) is 11.5. The zero-order chi connectivity index (χ0) is 17.2. The lowest BCUT2D eigenvalue weighted by atomic mass is 10.1. The number of rotatable bonds is 5. The van der Waals surface area contributed by atoms with Gasteiger partial charge >= 0.3 is 0 Å². The average Bonchev–Trinajstić information content (AvgIpc) is 3.10. The van der Waals surface area contributed by atoms with E-state index in [0.717, 1.165) is 27.8 Å². The highest BCUT2D eigenvalue weighted by atomic mass is 32.2.